The van der Waals surface area contributed by atoms with Gasteiger partial charge in [-0.1, -0.05) is 35.9 Å². The summed E-state index contributed by atoms with van der Waals surface area (Å²) in [5, 5.41) is 3.34. The van der Waals surface area contributed by atoms with Crippen LogP contribution in [0.1, 0.15) is 27.0 Å². The number of halogens is 4. The molecule has 0 atom stereocenters. The van der Waals surface area contributed by atoms with E-state index in [1.165, 1.54) is 6.07 Å². The Morgan fingerprint density at radius 2 is 1.62 bits per heavy atom. The Labute approximate surface area is 176 Å². The molecule has 0 saturated carbocycles. The van der Waals surface area contributed by atoms with Crippen molar-refractivity contribution in [2.45, 2.75) is 23.4 Å². The summed E-state index contributed by atoms with van der Waals surface area (Å²) in [5.74, 6) is 0.410. The third kappa shape index (κ3) is 6.27. The zero-order valence-corrected chi connectivity index (χ0v) is 16.7. The van der Waals surface area contributed by atoms with Crippen LogP contribution in [0.25, 0.3) is 0 Å². The maximum absolute atomic E-state index is 12.8. The minimum atomic E-state index is -4.40. The molecule has 1 N–H and O–H groups in total. The molecule has 0 aliphatic heterocycles. The average Bonchev–Trinajstić information content (AvgIpc) is 2.71. The molecule has 0 fully saturated rings. The highest BCUT2D eigenvalue weighted by Crippen LogP contribution is 2.29. The lowest BCUT2D eigenvalue weighted by Gasteiger charge is -2.10. The van der Waals surface area contributed by atoms with Crippen molar-refractivity contribution < 1.29 is 18.0 Å². The van der Waals surface area contributed by atoms with Gasteiger partial charge in [0.25, 0.3) is 5.91 Å². The molecule has 150 valence electrons. The molecule has 3 rings (SSSR count). The first kappa shape index (κ1) is 21.3. The zero-order chi connectivity index (χ0) is 20.9. The van der Waals surface area contributed by atoms with Crippen LogP contribution < -0.4 is 5.32 Å². The van der Waals surface area contributed by atoms with Crippen molar-refractivity contribution >= 4 is 29.3 Å². The van der Waals surface area contributed by atoms with Crippen molar-refractivity contribution in [2.75, 3.05) is 0 Å². The summed E-state index contributed by atoms with van der Waals surface area (Å²) >= 11 is 7.53. The van der Waals surface area contributed by atoms with Crippen molar-refractivity contribution in [1.29, 1.82) is 0 Å². The number of rotatable bonds is 6. The lowest BCUT2D eigenvalue weighted by atomic mass is 10.1. The maximum Gasteiger partial charge on any atom is 0.416 e. The van der Waals surface area contributed by atoms with Crippen molar-refractivity contribution in [1.82, 2.24) is 5.32 Å². The largest absolute Gasteiger partial charge is 0.416 e. The molecule has 0 spiro atoms. The van der Waals surface area contributed by atoms with Gasteiger partial charge in [0.05, 0.1) is 5.56 Å². The molecule has 0 aromatic heterocycles. The van der Waals surface area contributed by atoms with E-state index in [9.17, 15) is 18.0 Å². The number of carbonyl (C=O) groups is 1. The number of hydrogen-bond acceptors (Lipinski definition) is 2. The summed E-state index contributed by atoms with van der Waals surface area (Å²) in [5.41, 5.74) is 1.17. The van der Waals surface area contributed by atoms with E-state index in [2.05, 4.69) is 5.32 Å². The van der Waals surface area contributed by atoms with Crippen molar-refractivity contribution in [3.8, 4) is 0 Å². The molecular formula is C22H17ClF3NOS. The van der Waals surface area contributed by atoms with Crippen LogP contribution >= 0.6 is 23.4 Å². The Hall–Kier alpha value is -2.44. The summed E-state index contributed by atoms with van der Waals surface area (Å²) in [6.07, 6.45) is -4.40. The van der Waals surface area contributed by atoms with E-state index < -0.39 is 11.7 Å². The first-order valence-electron chi connectivity index (χ1n) is 8.73. The molecule has 0 aliphatic rings. The molecule has 0 radical (unpaired) electrons. The Bertz CT molecular complexity index is 973. The van der Waals surface area contributed by atoms with Gasteiger partial charge in [-0.2, -0.15) is 13.2 Å². The van der Waals surface area contributed by atoms with Crippen LogP contribution in [0, 0.1) is 0 Å². The van der Waals surface area contributed by atoms with E-state index in [0.29, 0.717) is 16.1 Å². The minimum Gasteiger partial charge on any atom is -0.348 e. The van der Waals surface area contributed by atoms with E-state index in [-0.39, 0.29) is 12.5 Å². The maximum atomic E-state index is 12.8. The highest BCUT2D eigenvalue weighted by Gasteiger charge is 2.30. The third-order valence-electron chi connectivity index (χ3n) is 4.14. The van der Waals surface area contributed by atoms with Gasteiger partial charge in [-0.25, -0.2) is 0 Å². The highest BCUT2D eigenvalue weighted by atomic mass is 35.5. The fraction of sp³-hybridized carbons (Fsp3) is 0.136. The van der Waals surface area contributed by atoms with Gasteiger partial charge in [0.15, 0.2) is 0 Å². The molecule has 0 unspecified atom stereocenters. The summed E-state index contributed by atoms with van der Waals surface area (Å²) in [6, 6.07) is 19.6. The molecule has 7 heteroatoms. The first-order valence-corrected chi connectivity index (χ1v) is 10.1. The smallest absolute Gasteiger partial charge is 0.348 e. The standard InChI is InChI=1S/C22H17ClF3NOS/c23-19-8-10-20(11-9-19)29-14-15-4-6-17(7-5-15)21(28)27-13-16-2-1-3-18(12-16)22(24,25)26/h1-12H,13-14H2,(H,27,28). The van der Waals surface area contributed by atoms with Crippen LogP contribution in [0.5, 0.6) is 0 Å². The number of alkyl halides is 3. The van der Waals surface area contributed by atoms with E-state index in [4.69, 9.17) is 11.6 Å². The SMILES string of the molecule is O=C(NCc1cccc(C(F)(F)F)c1)c1ccc(CSc2ccc(Cl)cc2)cc1. The Kier molecular flexibility index (Phi) is 6.87. The number of benzene rings is 3. The van der Waals surface area contributed by atoms with Crippen LogP contribution in [0.3, 0.4) is 0 Å². The lowest BCUT2D eigenvalue weighted by molar-refractivity contribution is -0.137. The molecule has 0 aliphatic carbocycles. The Morgan fingerprint density at radius 1 is 0.931 bits per heavy atom. The number of amides is 1. The van der Waals surface area contributed by atoms with Crippen LogP contribution in [-0.4, -0.2) is 5.91 Å². The highest BCUT2D eigenvalue weighted by molar-refractivity contribution is 7.98. The predicted octanol–water partition coefficient (Wildman–Crippen LogP) is 6.58. The second kappa shape index (κ2) is 9.37. The summed E-state index contributed by atoms with van der Waals surface area (Å²) in [6.45, 7) is 0.0247. The quantitative estimate of drug-likeness (QED) is 0.443. The third-order valence-corrected chi connectivity index (χ3v) is 5.48. The molecule has 1 amide bonds. The molecule has 0 bridgehead atoms. The molecule has 3 aromatic rings. The fourth-order valence-corrected chi connectivity index (χ4v) is 3.57. The Balaban J connectivity index is 1.54. The lowest BCUT2D eigenvalue weighted by Crippen LogP contribution is -2.23. The zero-order valence-electron chi connectivity index (χ0n) is 15.2. The number of thioether (sulfide) groups is 1. The molecule has 0 saturated heterocycles. The summed E-state index contributed by atoms with van der Waals surface area (Å²) < 4.78 is 38.3. The van der Waals surface area contributed by atoms with Gasteiger partial charge in [0.2, 0.25) is 0 Å². The molecular weight excluding hydrogens is 419 g/mol. The molecule has 3 aromatic carbocycles. The van der Waals surface area contributed by atoms with Crippen molar-refractivity contribution in [2.24, 2.45) is 0 Å². The van der Waals surface area contributed by atoms with Crippen LogP contribution in [0.15, 0.2) is 77.7 Å². The monoisotopic (exact) mass is 435 g/mol. The number of carbonyl (C=O) groups excluding carboxylic acids is 1. The van der Waals surface area contributed by atoms with Crippen LogP contribution in [-0.2, 0) is 18.5 Å². The average molecular weight is 436 g/mol. The summed E-state index contributed by atoms with van der Waals surface area (Å²) in [7, 11) is 0. The predicted molar refractivity (Wildman–Crippen MR) is 110 cm³/mol. The second-order valence-corrected chi connectivity index (χ2v) is 7.81. The number of hydrogen-bond donors (Lipinski definition) is 1. The first-order chi connectivity index (χ1) is 13.8. The minimum absolute atomic E-state index is 0.0247. The van der Waals surface area contributed by atoms with Crippen molar-refractivity contribution in [3.05, 3.63) is 100 Å². The van der Waals surface area contributed by atoms with Crippen LogP contribution in [0.4, 0.5) is 13.2 Å². The topological polar surface area (TPSA) is 29.1 Å². The van der Waals surface area contributed by atoms with E-state index in [1.54, 1.807) is 30.0 Å². The van der Waals surface area contributed by atoms with Crippen LogP contribution in [0.2, 0.25) is 5.02 Å². The fourth-order valence-electron chi connectivity index (χ4n) is 2.59. The second-order valence-electron chi connectivity index (χ2n) is 6.32. The molecule has 29 heavy (non-hydrogen) atoms. The van der Waals surface area contributed by atoms with Gasteiger partial charge in [-0.05, 0) is 59.7 Å². The number of nitrogens with one attached hydrogen (secondary N) is 1. The van der Waals surface area contributed by atoms with E-state index >= 15 is 0 Å². The summed E-state index contributed by atoms with van der Waals surface area (Å²) in [4.78, 5) is 13.4. The molecule has 2 nitrogen and oxygen atoms in total. The van der Waals surface area contributed by atoms with Gasteiger partial charge in [-0.15, -0.1) is 11.8 Å². The van der Waals surface area contributed by atoms with Gasteiger partial charge in [-0.3, -0.25) is 4.79 Å². The normalized spacial score (nSPS) is 11.3. The molecule has 0 heterocycles. The Morgan fingerprint density at radius 3 is 2.28 bits per heavy atom. The van der Waals surface area contributed by atoms with E-state index in [0.717, 1.165) is 28.3 Å². The van der Waals surface area contributed by atoms with Gasteiger partial charge in [0.1, 0.15) is 0 Å². The van der Waals surface area contributed by atoms with Crippen molar-refractivity contribution in [3.63, 3.8) is 0 Å². The van der Waals surface area contributed by atoms with E-state index in [1.807, 2.05) is 36.4 Å². The van der Waals surface area contributed by atoms with Gasteiger partial charge in [0, 0.05) is 27.8 Å². The van der Waals surface area contributed by atoms with Gasteiger partial charge < -0.3 is 5.32 Å². The van der Waals surface area contributed by atoms with Gasteiger partial charge >= 0.3 is 6.18 Å².